The summed E-state index contributed by atoms with van der Waals surface area (Å²) in [5.74, 6) is 0.450. The molecule has 1 fully saturated rings. The smallest absolute Gasteiger partial charge is 0.237 e. The van der Waals surface area contributed by atoms with Crippen molar-refractivity contribution in [1.29, 1.82) is 0 Å². The number of benzene rings is 1. The largest absolute Gasteiger partial charge is 0.491 e. The Hall–Kier alpha value is -1.63. The molecule has 0 unspecified atom stereocenters. The van der Waals surface area contributed by atoms with E-state index in [0.717, 1.165) is 11.3 Å². The Morgan fingerprint density at radius 3 is 3.00 bits per heavy atom. The van der Waals surface area contributed by atoms with Gasteiger partial charge in [0.1, 0.15) is 18.4 Å². The minimum atomic E-state index is -0.396. The topological polar surface area (TPSA) is 74.0 Å². The first-order valence-electron chi connectivity index (χ1n) is 7.47. The van der Waals surface area contributed by atoms with Gasteiger partial charge in [-0.15, -0.1) is 0 Å². The number of morpholine rings is 1. The first-order valence-corrected chi connectivity index (χ1v) is 7.47. The van der Waals surface area contributed by atoms with E-state index in [4.69, 9.17) is 19.9 Å². The fourth-order valence-electron chi connectivity index (χ4n) is 2.68. The second-order valence-corrected chi connectivity index (χ2v) is 5.38. The maximum atomic E-state index is 11.7. The van der Waals surface area contributed by atoms with Crippen LogP contribution in [0, 0.1) is 0 Å². The molecule has 1 aromatic carbocycles. The van der Waals surface area contributed by atoms with Crippen LogP contribution in [0.1, 0.15) is 12.5 Å². The average Bonchev–Trinajstić information content (AvgIpc) is 2.47. The highest BCUT2D eigenvalue weighted by Crippen LogP contribution is 2.20. The molecule has 6 nitrogen and oxygen atoms in total. The van der Waals surface area contributed by atoms with Gasteiger partial charge in [0.15, 0.2) is 0 Å². The summed E-state index contributed by atoms with van der Waals surface area (Å²) in [5.41, 5.74) is 6.59. The maximum absolute atomic E-state index is 11.7. The molecule has 1 saturated heterocycles. The number of carbonyl (C=O) groups is 1. The van der Waals surface area contributed by atoms with Gasteiger partial charge in [-0.25, -0.2) is 0 Å². The zero-order valence-electron chi connectivity index (χ0n) is 13.2. The summed E-state index contributed by atoms with van der Waals surface area (Å²) in [4.78, 5) is 13.7. The van der Waals surface area contributed by atoms with Gasteiger partial charge < -0.3 is 19.9 Å². The summed E-state index contributed by atoms with van der Waals surface area (Å²) in [7, 11) is 1.64. The van der Waals surface area contributed by atoms with Crippen LogP contribution >= 0.6 is 0 Å². The van der Waals surface area contributed by atoms with Crippen LogP contribution in [-0.2, 0) is 20.8 Å². The number of nitrogens with two attached hydrogens (primary N) is 1. The van der Waals surface area contributed by atoms with Crippen LogP contribution in [-0.4, -0.2) is 56.4 Å². The molecule has 1 aromatic rings. The molecule has 0 saturated carbocycles. The molecule has 2 atom stereocenters. The van der Waals surface area contributed by atoms with Crippen molar-refractivity contribution in [3.8, 4) is 5.75 Å². The van der Waals surface area contributed by atoms with Gasteiger partial charge in [-0.2, -0.15) is 0 Å². The molecule has 1 aliphatic rings. The lowest BCUT2D eigenvalue weighted by Gasteiger charge is -2.37. The fraction of sp³-hybridized carbons (Fsp3) is 0.562. The van der Waals surface area contributed by atoms with Gasteiger partial charge in [0.2, 0.25) is 5.91 Å². The van der Waals surface area contributed by atoms with Crippen molar-refractivity contribution in [2.75, 3.05) is 33.5 Å². The second kappa shape index (κ2) is 8.12. The van der Waals surface area contributed by atoms with Gasteiger partial charge in [-0.05, 0) is 24.6 Å². The van der Waals surface area contributed by atoms with E-state index in [-0.39, 0.29) is 12.0 Å². The SMILES string of the molecule is COCCOc1cccc(CN2CCO[C@H](C)[C@H]2C(N)=O)c1. The normalized spacial score (nSPS) is 22.5. The van der Waals surface area contributed by atoms with Gasteiger partial charge in [-0.1, -0.05) is 12.1 Å². The molecule has 1 aliphatic heterocycles. The lowest BCUT2D eigenvalue weighted by molar-refractivity contribution is -0.136. The van der Waals surface area contributed by atoms with Crippen molar-refractivity contribution in [1.82, 2.24) is 4.90 Å². The lowest BCUT2D eigenvalue weighted by atomic mass is 10.1. The number of carbonyl (C=O) groups excluding carboxylic acids is 1. The van der Waals surface area contributed by atoms with E-state index in [2.05, 4.69) is 4.90 Å². The molecule has 0 spiro atoms. The summed E-state index contributed by atoms with van der Waals surface area (Å²) < 4.78 is 16.1. The molecule has 6 heteroatoms. The van der Waals surface area contributed by atoms with E-state index < -0.39 is 6.04 Å². The third-order valence-corrected chi connectivity index (χ3v) is 3.73. The number of amides is 1. The predicted octanol–water partition coefficient (Wildman–Crippen LogP) is 0.786. The minimum absolute atomic E-state index is 0.188. The molecule has 122 valence electrons. The minimum Gasteiger partial charge on any atom is -0.491 e. The quantitative estimate of drug-likeness (QED) is 0.754. The number of rotatable bonds is 7. The third-order valence-electron chi connectivity index (χ3n) is 3.73. The maximum Gasteiger partial charge on any atom is 0.237 e. The van der Waals surface area contributed by atoms with Crippen LogP contribution in [0.15, 0.2) is 24.3 Å². The van der Waals surface area contributed by atoms with Crippen molar-refractivity contribution in [2.24, 2.45) is 5.73 Å². The standard InChI is InChI=1S/C16H24N2O4/c1-12-15(16(17)19)18(6-7-21-12)11-13-4-3-5-14(10-13)22-9-8-20-2/h3-5,10,12,15H,6-9,11H2,1-2H3,(H2,17,19)/t12-,15+/m1/s1. The van der Waals surface area contributed by atoms with Crippen molar-refractivity contribution in [3.05, 3.63) is 29.8 Å². The summed E-state index contributed by atoms with van der Waals surface area (Å²) >= 11 is 0. The van der Waals surface area contributed by atoms with Crippen molar-refractivity contribution in [2.45, 2.75) is 25.6 Å². The van der Waals surface area contributed by atoms with Crippen LogP contribution in [0.2, 0.25) is 0 Å². The number of nitrogens with zero attached hydrogens (tertiary/aromatic N) is 1. The molecule has 22 heavy (non-hydrogen) atoms. The molecule has 1 amide bonds. The van der Waals surface area contributed by atoms with Crippen molar-refractivity contribution >= 4 is 5.91 Å². The van der Waals surface area contributed by atoms with E-state index in [1.54, 1.807) is 7.11 Å². The van der Waals surface area contributed by atoms with Crippen molar-refractivity contribution < 1.29 is 19.0 Å². The molecule has 2 N–H and O–H groups in total. The Kier molecular flexibility index (Phi) is 6.18. The first kappa shape index (κ1) is 16.7. The number of primary amides is 1. The number of methoxy groups -OCH3 is 1. The molecule has 0 radical (unpaired) electrons. The lowest BCUT2D eigenvalue weighted by Crippen LogP contribution is -2.56. The average molecular weight is 308 g/mol. The molecule has 0 aromatic heterocycles. The molecular formula is C16H24N2O4. The summed E-state index contributed by atoms with van der Waals surface area (Å²) in [6, 6.07) is 7.45. The van der Waals surface area contributed by atoms with E-state index in [9.17, 15) is 4.79 Å². The van der Waals surface area contributed by atoms with Gasteiger partial charge in [0.25, 0.3) is 0 Å². The Labute approximate surface area is 131 Å². The van der Waals surface area contributed by atoms with Gasteiger partial charge in [0, 0.05) is 20.2 Å². The summed E-state index contributed by atoms with van der Waals surface area (Å²) in [6.07, 6.45) is -0.188. The fourth-order valence-corrected chi connectivity index (χ4v) is 2.68. The molecule has 0 bridgehead atoms. The number of hydrogen-bond acceptors (Lipinski definition) is 5. The van der Waals surface area contributed by atoms with E-state index in [0.29, 0.717) is 32.9 Å². The molecule has 1 heterocycles. The highest BCUT2D eigenvalue weighted by atomic mass is 16.5. The highest BCUT2D eigenvalue weighted by molar-refractivity contribution is 5.80. The Balaban J connectivity index is 2.02. The van der Waals surface area contributed by atoms with Gasteiger partial charge in [-0.3, -0.25) is 9.69 Å². The first-order chi connectivity index (χ1) is 10.6. The summed E-state index contributed by atoms with van der Waals surface area (Å²) in [6.45, 7) is 4.88. The van der Waals surface area contributed by atoms with Crippen LogP contribution in [0.5, 0.6) is 5.75 Å². The molecule has 2 rings (SSSR count). The van der Waals surface area contributed by atoms with Crippen LogP contribution in [0.3, 0.4) is 0 Å². The Bertz CT molecular complexity index is 495. The van der Waals surface area contributed by atoms with Gasteiger partial charge >= 0.3 is 0 Å². The zero-order valence-corrected chi connectivity index (χ0v) is 13.2. The predicted molar refractivity (Wildman–Crippen MR) is 82.6 cm³/mol. The highest BCUT2D eigenvalue weighted by Gasteiger charge is 2.33. The Morgan fingerprint density at radius 2 is 2.27 bits per heavy atom. The Morgan fingerprint density at radius 1 is 1.45 bits per heavy atom. The third kappa shape index (κ3) is 4.43. The van der Waals surface area contributed by atoms with Crippen LogP contribution < -0.4 is 10.5 Å². The van der Waals surface area contributed by atoms with E-state index in [1.165, 1.54) is 0 Å². The summed E-state index contributed by atoms with van der Waals surface area (Å²) in [5, 5.41) is 0. The second-order valence-electron chi connectivity index (χ2n) is 5.38. The van der Waals surface area contributed by atoms with E-state index in [1.807, 2.05) is 31.2 Å². The van der Waals surface area contributed by atoms with Gasteiger partial charge in [0.05, 0.1) is 19.3 Å². The zero-order chi connectivity index (χ0) is 15.9. The van der Waals surface area contributed by atoms with Crippen molar-refractivity contribution in [3.63, 3.8) is 0 Å². The monoisotopic (exact) mass is 308 g/mol. The van der Waals surface area contributed by atoms with Crippen LogP contribution in [0.4, 0.5) is 0 Å². The number of hydrogen-bond donors (Lipinski definition) is 1. The van der Waals surface area contributed by atoms with Crippen LogP contribution in [0.25, 0.3) is 0 Å². The number of ether oxygens (including phenoxy) is 3. The molecule has 0 aliphatic carbocycles. The molecular weight excluding hydrogens is 284 g/mol. The van der Waals surface area contributed by atoms with E-state index >= 15 is 0 Å².